The van der Waals surface area contributed by atoms with Crippen LogP contribution in [0, 0.1) is 13.8 Å². The summed E-state index contributed by atoms with van der Waals surface area (Å²) >= 11 is 0. The molecular formula is C17H27NO. The van der Waals surface area contributed by atoms with Gasteiger partial charge in [0.1, 0.15) is 0 Å². The van der Waals surface area contributed by atoms with E-state index in [2.05, 4.69) is 44.3 Å². The van der Waals surface area contributed by atoms with Gasteiger partial charge in [-0.05, 0) is 63.6 Å². The quantitative estimate of drug-likeness (QED) is 0.870. The third kappa shape index (κ3) is 3.37. The van der Waals surface area contributed by atoms with Gasteiger partial charge in [0.15, 0.2) is 0 Å². The zero-order chi connectivity index (χ0) is 13.9. The van der Waals surface area contributed by atoms with Crippen LogP contribution < -0.4 is 5.32 Å². The highest BCUT2D eigenvalue weighted by Crippen LogP contribution is 2.38. The lowest BCUT2D eigenvalue weighted by atomic mass is 9.76. The second-order valence-corrected chi connectivity index (χ2v) is 6.08. The minimum absolute atomic E-state index is 0.588. The lowest BCUT2D eigenvalue weighted by Gasteiger charge is -2.37. The molecule has 1 aromatic carbocycles. The van der Waals surface area contributed by atoms with Gasteiger partial charge in [0.05, 0.1) is 5.60 Å². The van der Waals surface area contributed by atoms with E-state index in [4.69, 9.17) is 0 Å². The van der Waals surface area contributed by atoms with Gasteiger partial charge >= 0.3 is 0 Å². The van der Waals surface area contributed by atoms with Gasteiger partial charge in [-0.1, -0.05) is 30.7 Å². The van der Waals surface area contributed by atoms with Crippen LogP contribution in [0.25, 0.3) is 0 Å². The van der Waals surface area contributed by atoms with Crippen LogP contribution >= 0.6 is 0 Å². The molecule has 0 aliphatic heterocycles. The summed E-state index contributed by atoms with van der Waals surface area (Å²) < 4.78 is 0. The van der Waals surface area contributed by atoms with Crippen molar-refractivity contribution >= 4 is 0 Å². The smallest absolute Gasteiger partial charge is 0.0900 e. The Morgan fingerprint density at radius 2 is 1.95 bits per heavy atom. The highest BCUT2D eigenvalue weighted by molar-refractivity contribution is 5.35. The number of hydrogen-bond donors (Lipinski definition) is 2. The first-order valence-corrected chi connectivity index (χ1v) is 7.58. The highest BCUT2D eigenvalue weighted by atomic mass is 16.3. The normalized spacial score (nSPS) is 27.5. The van der Waals surface area contributed by atoms with Crippen LogP contribution in [0.15, 0.2) is 18.2 Å². The maximum absolute atomic E-state index is 11.0. The van der Waals surface area contributed by atoms with Crippen molar-refractivity contribution in [2.45, 2.75) is 64.5 Å². The van der Waals surface area contributed by atoms with Crippen molar-refractivity contribution in [3.63, 3.8) is 0 Å². The lowest BCUT2D eigenvalue weighted by molar-refractivity contribution is -0.00883. The molecule has 2 heteroatoms. The molecule has 0 aromatic heterocycles. The third-order valence-corrected chi connectivity index (χ3v) is 4.39. The first-order valence-electron chi connectivity index (χ1n) is 7.58. The number of rotatable bonds is 4. The molecule has 0 bridgehead atoms. The van der Waals surface area contributed by atoms with Crippen molar-refractivity contribution in [3.05, 3.63) is 34.9 Å². The number of aryl methyl sites for hydroxylation is 2. The topological polar surface area (TPSA) is 32.3 Å². The van der Waals surface area contributed by atoms with Crippen LogP contribution in [0.3, 0.4) is 0 Å². The molecule has 0 spiro atoms. The fraction of sp³-hybridized carbons (Fsp3) is 0.647. The second kappa shape index (κ2) is 6.06. The van der Waals surface area contributed by atoms with Gasteiger partial charge in [0, 0.05) is 6.04 Å². The molecule has 19 heavy (non-hydrogen) atoms. The summed E-state index contributed by atoms with van der Waals surface area (Å²) in [6.45, 7) is 7.49. The van der Waals surface area contributed by atoms with Crippen molar-refractivity contribution in [3.8, 4) is 0 Å². The Morgan fingerprint density at radius 1 is 1.26 bits per heavy atom. The van der Waals surface area contributed by atoms with E-state index in [-0.39, 0.29) is 0 Å². The molecule has 1 aromatic rings. The van der Waals surface area contributed by atoms with Gasteiger partial charge in [-0.3, -0.25) is 0 Å². The second-order valence-electron chi connectivity index (χ2n) is 6.08. The summed E-state index contributed by atoms with van der Waals surface area (Å²) in [7, 11) is 0. The van der Waals surface area contributed by atoms with E-state index in [1.807, 2.05) is 0 Å². The van der Waals surface area contributed by atoms with Gasteiger partial charge in [0.2, 0.25) is 0 Å². The monoisotopic (exact) mass is 261 g/mol. The minimum Gasteiger partial charge on any atom is -0.385 e. The van der Waals surface area contributed by atoms with Gasteiger partial charge < -0.3 is 10.4 Å². The van der Waals surface area contributed by atoms with Crippen LogP contribution in [0.1, 0.15) is 55.7 Å². The predicted octanol–water partition coefficient (Wildman–Crippen LogP) is 3.43. The Bertz CT molecular complexity index is 419. The van der Waals surface area contributed by atoms with E-state index in [0.29, 0.717) is 6.04 Å². The molecule has 2 N–H and O–H groups in total. The van der Waals surface area contributed by atoms with Crippen molar-refractivity contribution in [1.29, 1.82) is 0 Å². The molecule has 0 unspecified atom stereocenters. The van der Waals surface area contributed by atoms with E-state index in [9.17, 15) is 5.11 Å². The van der Waals surface area contributed by atoms with Crippen LogP contribution in [0.2, 0.25) is 0 Å². The fourth-order valence-electron chi connectivity index (χ4n) is 3.15. The van der Waals surface area contributed by atoms with Gasteiger partial charge in [-0.25, -0.2) is 0 Å². The SMILES string of the molecule is CCCNC1CCC(O)(c2cc(C)ccc2C)CC1. The molecule has 0 saturated heterocycles. The number of nitrogens with one attached hydrogen (secondary N) is 1. The molecule has 1 aliphatic carbocycles. The highest BCUT2D eigenvalue weighted by Gasteiger charge is 2.35. The molecule has 106 valence electrons. The van der Waals surface area contributed by atoms with Crippen LogP contribution in [0.4, 0.5) is 0 Å². The van der Waals surface area contributed by atoms with Crippen molar-refractivity contribution in [2.75, 3.05) is 6.54 Å². The number of aliphatic hydroxyl groups is 1. The maximum atomic E-state index is 11.0. The van der Waals surface area contributed by atoms with Gasteiger partial charge in [0.25, 0.3) is 0 Å². The average Bonchev–Trinajstić information content (AvgIpc) is 2.41. The third-order valence-electron chi connectivity index (χ3n) is 4.39. The van der Waals surface area contributed by atoms with E-state index >= 15 is 0 Å². The Morgan fingerprint density at radius 3 is 2.58 bits per heavy atom. The summed E-state index contributed by atoms with van der Waals surface area (Å²) in [5.41, 5.74) is 2.98. The molecule has 0 heterocycles. The lowest BCUT2D eigenvalue weighted by Crippen LogP contribution is -2.40. The Balaban J connectivity index is 2.07. The molecule has 2 rings (SSSR count). The van der Waals surface area contributed by atoms with E-state index < -0.39 is 5.60 Å². The predicted molar refractivity (Wildman–Crippen MR) is 80.4 cm³/mol. The van der Waals surface area contributed by atoms with E-state index in [0.717, 1.165) is 37.8 Å². The van der Waals surface area contributed by atoms with Crippen LogP contribution in [-0.4, -0.2) is 17.7 Å². The molecule has 1 fully saturated rings. The first-order chi connectivity index (χ1) is 9.05. The van der Waals surface area contributed by atoms with Crippen LogP contribution in [0.5, 0.6) is 0 Å². The molecular weight excluding hydrogens is 234 g/mol. The molecule has 0 amide bonds. The summed E-state index contributed by atoms with van der Waals surface area (Å²) in [5.74, 6) is 0. The van der Waals surface area contributed by atoms with E-state index in [1.54, 1.807) is 0 Å². The number of benzene rings is 1. The van der Waals surface area contributed by atoms with Crippen LogP contribution in [-0.2, 0) is 5.60 Å². The fourth-order valence-corrected chi connectivity index (χ4v) is 3.15. The molecule has 0 atom stereocenters. The summed E-state index contributed by atoms with van der Waals surface area (Å²) in [4.78, 5) is 0. The molecule has 0 radical (unpaired) electrons. The zero-order valence-electron chi connectivity index (χ0n) is 12.5. The van der Waals surface area contributed by atoms with Crippen molar-refractivity contribution < 1.29 is 5.11 Å². The average molecular weight is 261 g/mol. The van der Waals surface area contributed by atoms with Gasteiger partial charge in [-0.15, -0.1) is 0 Å². The molecule has 1 aliphatic rings. The molecule has 2 nitrogen and oxygen atoms in total. The summed E-state index contributed by atoms with van der Waals surface area (Å²) in [6, 6.07) is 7.00. The first kappa shape index (κ1) is 14.5. The van der Waals surface area contributed by atoms with Gasteiger partial charge in [-0.2, -0.15) is 0 Å². The zero-order valence-corrected chi connectivity index (χ0v) is 12.5. The Hall–Kier alpha value is -0.860. The van der Waals surface area contributed by atoms with Crippen molar-refractivity contribution in [2.24, 2.45) is 0 Å². The Labute approximate surface area is 117 Å². The largest absolute Gasteiger partial charge is 0.385 e. The van der Waals surface area contributed by atoms with E-state index in [1.165, 1.54) is 17.5 Å². The minimum atomic E-state index is -0.611. The standard InChI is InChI=1S/C17H27NO/c1-4-11-18-15-7-9-17(19,10-8-15)16-12-13(2)5-6-14(16)3/h5-6,12,15,18-19H,4,7-11H2,1-3H3. The number of hydrogen-bond acceptors (Lipinski definition) is 2. The summed E-state index contributed by atoms with van der Waals surface area (Å²) in [5, 5.41) is 14.5. The Kier molecular flexibility index (Phi) is 4.64. The van der Waals surface area contributed by atoms with Crippen molar-refractivity contribution in [1.82, 2.24) is 5.32 Å². The maximum Gasteiger partial charge on any atom is 0.0900 e. The summed E-state index contributed by atoms with van der Waals surface area (Å²) in [6.07, 6.45) is 5.07. The molecule has 1 saturated carbocycles.